The van der Waals surface area contributed by atoms with Crippen LogP contribution in [0.2, 0.25) is 0 Å². The number of phenols is 1. The molecule has 0 aliphatic carbocycles. The van der Waals surface area contributed by atoms with Crippen LogP contribution in [-0.2, 0) is 6.54 Å². The maximum absolute atomic E-state index is 9.45. The van der Waals surface area contributed by atoms with Crippen LogP contribution in [0.1, 0.15) is 31.4 Å². The Morgan fingerprint density at radius 1 is 1.06 bits per heavy atom. The lowest BCUT2D eigenvalue weighted by Gasteiger charge is -2.17. The number of furan rings is 1. The van der Waals surface area contributed by atoms with Crippen molar-refractivity contribution < 1.29 is 9.52 Å². The fourth-order valence-electron chi connectivity index (χ4n) is 2.68. The first-order valence-electron chi connectivity index (χ1n) is 6.75. The van der Waals surface area contributed by atoms with Gasteiger partial charge < -0.3 is 9.52 Å². The molecule has 1 N–H and O–H groups in total. The van der Waals surface area contributed by atoms with Crippen LogP contribution >= 0.6 is 0 Å². The zero-order valence-corrected chi connectivity index (χ0v) is 10.6. The Hall–Kier alpha value is -1.48. The lowest BCUT2D eigenvalue weighted by molar-refractivity contribution is 0.256. The predicted octanol–water partition coefficient (Wildman–Crippen LogP) is 3.51. The largest absolute Gasteiger partial charge is 0.508 e. The molecular weight excluding hydrogens is 226 g/mol. The maximum Gasteiger partial charge on any atom is 0.134 e. The van der Waals surface area contributed by atoms with Crippen LogP contribution < -0.4 is 0 Å². The van der Waals surface area contributed by atoms with Gasteiger partial charge in [0.2, 0.25) is 0 Å². The summed E-state index contributed by atoms with van der Waals surface area (Å²) in [7, 11) is 0. The van der Waals surface area contributed by atoms with Gasteiger partial charge >= 0.3 is 0 Å². The van der Waals surface area contributed by atoms with E-state index in [4.69, 9.17) is 4.42 Å². The molecule has 0 bridgehead atoms. The highest BCUT2D eigenvalue weighted by atomic mass is 16.3. The number of hydrogen-bond acceptors (Lipinski definition) is 3. The summed E-state index contributed by atoms with van der Waals surface area (Å²) < 4.78 is 5.81. The fourth-order valence-corrected chi connectivity index (χ4v) is 2.68. The predicted molar refractivity (Wildman–Crippen MR) is 71.6 cm³/mol. The highest BCUT2D eigenvalue weighted by Gasteiger charge is 2.12. The lowest BCUT2D eigenvalue weighted by Crippen LogP contribution is -2.23. The zero-order valence-electron chi connectivity index (χ0n) is 10.6. The molecule has 1 fully saturated rings. The summed E-state index contributed by atoms with van der Waals surface area (Å²) in [4.78, 5) is 2.46. The third kappa shape index (κ3) is 2.51. The van der Waals surface area contributed by atoms with E-state index in [0.717, 1.165) is 23.3 Å². The number of hydrogen-bond donors (Lipinski definition) is 1. The van der Waals surface area contributed by atoms with Crippen LogP contribution in [0, 0.1) is 0 Å². The first-order valence-corrected chi connectivity index (χ1v) is 6.75. The van der Waals surface area contributed by atoms with E-state index >= 15 is 0 Å². The number of phenolic OH excluding ortho intramolecular Hbond substituents is 1. The smallest absolute Gasteiger partial charge is 0.134 e. The molecule has 96 valence electrons. The number of aromatic hydroxyl groups is 1. The molecule has 2 aromatic rings. The number of likely N-dealkylation sites (tertiary alicyclic amines) is 1. The van der Waals surface area contributed by atoms with Gasteiger partial charge in [-0.25, -0.2) is 0 Å². The summed E-state index contributed by atoms with van der Waals surface area (Å²) in [5, 5.41) is 10.4. The van der Waals surface area contributed by atoms with Crippen molar-refractivity contribution in [3.8, 4) is 5.75 Å². The van der Waals surface area contributed by atoms with Crippen molar-refractivity contribution in [3.63, 3.8) is 0 Å². The second kappa shape index (κ2) is 5.02. The van der Waals surface area contributed by atoms with Gasteiger partial charge in [-0.1, -0.05) is 12.8 Å². The Labute approximate surface area is 107 Å². The number of fused-ring (bicyclic) bond motifs is 1. The third-order valence-electron chi connectivity index (χ3n) is 3.63. The van der Waals surface area contributed by atoms with Gasteiger partial charge in [0.1, 0.15) is 17.1 Å². The Balaban J connectivity index is 1.77. The minimum atomic E-state index is 0.296. The van der Waals surface area contributed by atoms with Crippen molar-refractivity contribution in [2.45, 2.75) is 32.2 Å². The molecule has 3 nitrogen and oxygen atoms in total. The Bertz CT molecular complexity index is 524. The molecule has 0 amide bonds. The van der Waals surface area contributed by atoms with Gasteiger partial charge in [0, 0.05) is 5.39 Å². The molecule has 0 unspecified atom stereocenters. The standard InChI is InChI=1S/C15H19NO2/c17-13-5-6-15-12(9-13)10-14(18-15)11-16-7-3-1-2-4-8-16/h5-6,9-10,17H,1-4,7-8,11H2. The lowest BCUT2D eigenvalue weighted by atomic mass is 10.2. The minimum Gasteiger partial charge on any atom is -0.508 e. The summed E-state index contributed by atoms with van der Waals surface area (Å²) in [6, 6.07) is 7.29. The monoisotopic (exact) mass is 245 g/mol. The van der Waals surface area contributed by atoms with E-state index in [2.05, 4.69) is 4.90 Å². The van der Waals surface area contributed by atoms with Crippen LogP contribution in [0.25, 0.3) is 11.0 Å². The van der Waals surface area contributed by atoms with Crippen molar-refractivity contribution in [3.05, 3.63) is 30.0 Å². The van der Waals surface area contributed by atoms with Crippen molar-refractivity contribution >= 4 is 11.0 Å². The second-order valence-electron chi connectivity index (χ2n) is 5.13. The van der Waals surface area contributed by atoms with Gasteiger partial charge in [-0.05, 0) is 50.2 Å². The molecule has 0 saturated carbocycles. The summed E-state index contributed by atoms with van der Waals surface area (Å²) in [5.41, 5.74) is 0.859. The van der Waals surface area contributed by atoms with Gasteiger partial charge in [-0.15, -0.1) is 0 Å². The maximum atomic E-state index is 9.45. The average molecular weight is 245 g/mol. The summed E-state index contributed by atoms with van der Waals surface area (Å²) >= 11 is 0. The highest BCUT2D eigenvalue weighted by molar-refractivity contribution is 5.79. The van der Waals surface area contributed by atoms with Gasteiger partial charge in [0.05, 0.1) is 6.54 Å². The van der Waals surface area contributed by atoms with Crippen LogP contribution in [0.15, 0.2) is 28.7 Å². The SMILES string of the molecule is Oc1ccc2oc(CN3CCCCCC3)cc2c1. The molecule has 2 heterocycles. The Kier molecular flexibility index (Phi) is 3.24. The third-order valence-corrected chi connectivity index (χ3v) is 3.63. The second-order valence-corrected chi connectivity index (χ2v) is 5.13. The van der Waals surface area contributed by atoms with Gasteiger partial charge in [0.15, 0.2) is 0 Å². The molecular formula is C15H19NO2. The molecule has 1 saturated heterocycles. The minimum absolute atomic E-state index is 0.296. The normalized spacial score (nSPS) is 18.0. The van der Waals surface area contributed by atoms with E-state index in [0.29, 0.717) is 5.75 Å². The van der Waals surface area contributed by atoms with Crippen molar-refractivity contribution in [2.24, 2.45) is 0 Å². The highest BCUT2D eigenvalue weighted by Crippen LogP contribution is 2.24. The van der Waals surface area contributed by atoms with Gasteiger partial charge in [-0.2, -0.15) is 0 Å². The number of benzene rings is 1. The molecule has 0 radical (unpaired) electrons. The first kappa shape index (κ1) is 11.6. The van der Waals surface area contributed by atoms with Gasteiger partial charge in [-0.3, -0.25) is 4.90 Å². The molecule has 3 heteroatoms. The van der Waals surface area contributed by atoms with E-state index < -0.39 is 0 Å². The summed E-state index contributed by atoms with van der Waals surface area (Å²) in [6.07, 6.45) is 5.29. The Morgan fingerprint density at radius 3 is 2.61 bits per heavy atom. The molecule has 0 spiro atoms. The average Bonchev–Trinajstić information content (AvgIpc) is 2.57. The van der Waals surface area contributed by atoms with Crippen LogP contribution in [0.5, 0.6) is 5.75 Å². The van der Waals surface area contributed by atoms with Crippen molar-refractivity contribution in [1.29, 1.82) is 0 Å². The van der Waals surface area contributed by atoms with Gasteiger partial charge in [0.25, 0.3) is 0 Å². The van der Waals surface area contributed by atoms with Crippen LogP contribution in [0.4, 0.5) is 0 Å². The fraction of sp³-hybridized carbons (Fsp3) is 0.467. The van der Waals surface area contributed by atoms with E-state index in [1.54, 1.807) is 12.1 Å². The molecule has 1 aromatic heterocycles. The molecule has 0 atom stereocenters. The molecule has 18 heavy (non-hydrogen) atoms. The number of nitrogens with zero attached hydrogens (tertiary/aromatic N) is 1. The molecule has 1 aliphatic rings. The summed E-state index contributed by atoms with van der Waals surface area (Å²) in [5.74, 6) is 1.29. The molecule has 1 aliphatic heterocycles. The molecule has 1 aromatic carbocycles. The van der Waals surface area contributed by atoms with Crippen molar-refractivity contribution in [2.75, 3.05) is 13.1 Å². The summed E-state index contributed by atoms with van der Waals surface area (Å²) in [6.45, 7) is 3.22. The van der Waals surface area contributed by atoms with Crippen LogP contribution in [-0.4, -0.2) is 23.1 Å². The number of rotatable bonds is 2. The molecule has 3 rings (SSSR count). The quantitative estimate of drug-likeness (QED) is 0.879. The first-order chi connectivity index (χ1) is 8.81. The van der Waals surface area contributed by atoms with E-state index in [1.807, 2.05) is 12.1 Å². The van der Waals surface area contributed by atoms with E-state index in [-0.39, 0.29) is 0 Å². The van der Waals surface area contributed by atoms with E-state index in [9.17, 15) is 5.11 Å². The van der Waals surface area contributed by atoms with Crippen LogP contribution in [0.3, 0.4) is 0 Å². The Morgan fingerprint density at radius 2 is 1.83 bits per heavy atom. The van der Waals surface area contributed by atoms with E-state index in [1.165, 1.54) is 38.8 Å². The topological polar surface area (TPSA) is 36.6 Å². The van der Waals surface area contributed by atoms with Crippen molar-refractivity contribution in [1.82, 2.24) is 4.90 Å². The zero-order chi connectivity index (χ0) is 12.4.